The van der Waals surface area contributed by atoms with Gasteiger partial charge in [0.2, 0.25) is 0 Å². The van der Waals surface area contributed by atoms with Crippen LogP contribution in [-0.4, -0.2) is 21.0 Å². The van der Waals surface area contributed by atoms with Crippen molar-refractivity contribution in [1.29, 1.82) is 0 Å². The Balaban J connectivity index is 1.73. The van der Waals surface area contributed by atoms with Crippen molar-refractivity contribution in [2.45, 2.75) is 44.6 Å². The fourth-order valence-electron chi connectivity index (χ4n) is 3.38. The molecular formula is C16H22N2O. The Bertz CT molecular complexity index is 555. The molecule has 19 heavy (non-hydrogen) atoms. The van der Waals surface area contributed by atoms with Gasteiger partial charge in [0, 0.05) is 18.9 Å². The van der Waals surface area contributed by atoms with Crippen LogP contribution in [0.2, 0.25) is 0 Å². The van der Waals surface area contributed by atoms with E-state index in [1.54, 1.807) is 0 Å². The maximum absolute atomic E-state index is 10.3. The highest BCUT2D eigenvalue weighted by atomic mass is 16.3. The molecule has 2 aromatic rings. The van der Waals surface area contributed by atoms with Gasteiger partial charge in [0.25, 0.3) is 0 Å². The second-order valence-corrected chi connectivity index (χ2v) is 5.83. The van der Waals surface area contributed by atoms with Gasteiger partial charge in [-0.05, 0) is 18.4 Å². The third-order valence-corrected chi connectivity index (χ3v) is 4.34. The quantitative estimate of drug-likeness (QED) is 0.915. The van der Waals surface area contributed by atoms with Crippen molar-refractivity contribution in [3.8, 4) is 0 Å². The van der Waals surface area contributed by atoms with Gasteiger partial charge in [0.1, 0.15) is 0 Å². The average molecular weight is 258 g/mol. The van der Waals surface area contributed by atoms with Crippen LogP contribution in [0, 0.1) is 5.92 Å². The maximum atomic E-state index is 10.3. The molecule has 0 spiro atoms. The van der Waals surface area contributed by atoms with Gasteiger partial charge < -0.3 is 5.11 Å². The van der Waals surface area contributed by atoms with E-state index in [0.29, 0.717) is 6.42 Å². The van der Waals surface area contributed by atoms with Gasteiger partial charge in [-0.1, -0.05) is 43.9 Å². The van der Waals surface area contributed by atoms with Crippen molar-refractivity contribution in [1.82, 2.24) is 9.78 Å². The molecule has 3 heteroatoms. The molecule has 1 heterocycles. The molecule has 1 N–H and O–H groups in total. The SMILES string of the molecule is Cn1nc(CC(O)CC2CCCC2)c2ccccc21. The predicted octanol–water partition coefficient (Wildman–Crippen LogP) is 3.06. The number of aliphatic hydroxyl groups excluding tert-OH is 1. The Labute approximate surface area is 114 Å². The molecule has 0 amide bonds. The summed E-state index contributed by atoms with van der Waals surface area (Å²) in [7, 11) is 1.97. The van der Waals surface area contributed by atoms with Crippen molar-refractivity contribution in [2.24, 2.45) is 13.0 Å². The van der Waals surface area contributed by atoms with E-state index in [1.807, 2.05) is 23.9 Å². The molecule has 102 valence electrons. The van der Waals surface area contributed by atoms with Gasteiger partial charge in [0.15, 0.2) is 0 Å². The molecular weight excluding hydrogens is 236 g/mol. The molecule has 1 aliphatic rings. The van der Waals surface area contributed by atoms with Crippen LogP contribution in [0.5, 0.6) is 0 Å². The van der Waals surface area contributed by atoms with Crippen molar-refractivity contribution >= 4 is 10.9 Å². The summed E-state index contributed by atoms with van der Waals surface area (Å²) in [5.74, 6) is 0.727. The number of rotatable bonds is 4. The minimum Gasteiger partial charge on any atom is -0.393 e. The second kappa shape index (κ2) is 5.33. The number of fused-ring (bicyclic) bond motifs is 1. The number of aryl methyl sites for hydroxylation is 1. The third-order valence-electron chi connectivity index (χ3n) is 4.34. The predicted molar refractivity (Wildman–Crippen MR) is 77.0 cm³/mol. The van der Waals surface area contributed by atoms with Gasteiger partial charge in [-0.3, -0.25) is 4.68 Å². The summed E-state index contributed by atoms with van der Waals surface area (Å²) in [6, 6.07) is 8.24. The van der Waals surface area contributed by atoms with Crippen molar-refractivity contribution in [3.63, 3.8) is 0 Å². The Morgan fingerprint density at radius 2 is 2.05 bits per heavy atom. The van der Waals surface area contributed by atoms with E-state index < -0.39 is 0 Å². The highest BCUT2D eigenvalue weighted by Gasteiger charge is 2.20. The normalized spacial score (nSPS) is 18.2. The number of nitrogens with zero attached hydrogens (tertiary/aromatic N) is 2. The zero-order chi connectivity index (χ0) is 13.2. The van der Waals surface area contributed by atoms with Crippen molar-refractivity contribution < 1.29 is 5.11 Å². The molecule has 0 aliphatic heterocycles. The largest absolute Gasteiger partial charge is 0.393 e. The fourth-order valence-corrected chi connectivity index (χ4v) is 3.38. The van der Waals surface area contributed by atoms with Gasteiger partial charge >= 0.3 is 0 Å². The van der Waals surface area contributed by atoms with Crippen LogP contribution in [-0.2, 0) is 13.5 Å². The first kappa shape index (κ1) is 12.7. The molecule has 0 saturated heterocycles. The van der Waals surface area contributed by atoms with Crippen LogP contribution < -0.4 is 0 Å². The molecule has 1 aromatic heterocycles. The summed E-state index contributed by atoms with van der Waals surface area (Å²) in [6.45, 7) is 0. The smallest absolute Gasteiger partial charge is 0.0728 e. The molecule has 3 rings (SSSR count). The molecule has 3 nitrogen and oxygen atoms in total. The lowest BCUT2D eigenvalue weighted by Crippen LogP contribution is -2.15. The van der Waals surface area contributed by atoms with E-state index in [1.165, 1.54) is 31.1 Å². The van der Waals surface area contributed by atoms with E-state index in [0.717, 1.165) is 23.5 Å². The number of benzene rings is 1. The number of para-hydroxylation sites is 1. The summed E-state index contributed by atoms with van der Waals surface area (Å²) in [4.78, 5) is 0. The van der Waals surface area contributed by atoms with Crippen LogP contribution in [0.3, 0.4) is 0 Å². The van der Waals surface area contributed by atoms with Crippen molar-refractivity contribution in [2.75, 3.05) is 0 Å². The van der Waals surface area contributed by atoms with Crippen molar-refractivity contribution in [3.05, 3.63) is 30.0 Å². The molecule has 1 aliphatic carbocycles. The monoisotopic (exact) mass is 258 g/mol. The first-order valence-corrected chi connectivity index (χ1v) is 7.32. The number of hydrogen-bond acceptors (Lipinski definition) is 2. The zero-order valence-electron chi connectivity index (χ0n) is 11.5. The van der Waals surface area contributed by atoms with Crippen LogP contribution in [0.25, 0.3) is 10.9 Å². The molecule has 1 atom stereocenters. The molecule has 1 aromatic carbocycles. The highest BCUT2D eigenvalue weighted by Crippen LogP contribution is 2.29. The highest BCUT2D eigenvalue weighted by molar-refractivity contribution is 5.81. The first-order chi connectivity index (χ1) is 9.24. The van der Waals surface area contributed by atoms with E-state index >= 15 is 0 Å². The lowest BCUT2D eigenvalue weighted by molar-refractivity contribution is 0.142. The zero-order valence-corrected chi connectivity index (χ0v) is 11.5. The fraction of sp³-hybridized carbons (Fsp3) is 0.562. The Morgan fingerprint density at radius 3 is 2.84 bits per heavy atom. The van der Waals surface area contributed by atoms with Crippen LogP contribution in [0.15, 0.2) is 24.3 Å². The van der Waals surface area contributed by atoms with Crippen LogP contribution in [0.4, 0.5) is 0 Å². The summed E-state index contributed by atoms with van der Waals surface area (Å²) in [6.07, 6.45) is 6.62. The van der Waals surface area contributed by atoms with E-state index in [4.69, 9.17) is 0 Å². The third kappa shape index (κ3) is 2.66. The lowest BCUT2D eigenvalue weighted by atomic mass is 9.97. The second-order valence-electron chi connectivity index (χ2n) is 5.83. The first-order valence-electron chi connectivity index (χ1n) is 7.32. The van der Waals surface area contributed by atoms with Crippen LogP contribution in [0.1, 0.15) is 37.8 Å². The minimum atomic E-state index is -0.249. The molecule has 0 bridgehead atoms. The molecule has 1 unspecified atom stereocenters. The summed E-state index contributed by atoms with van der Waals surface area (Å²) < 4.78 is 1.91. The Morgan fingerprint density at radius 1 is 1.32 bits per heavy atom. The maximum Gasteiger partial charge on any atom is 0.0728 e. The number of hydrogen-bond donors (Lipinski definition) is 1. The number of aliphatic hydroxyl groups is 1. The lowest BCUT2D eigenvalue weighted by Gasteiger charge is -2.14. The van der Waals surface area contributed by atoms with Crippen LogP contribution >= 0.6 is 0 Å². The Hall–Kier alpha value is -1.35. The van der Waals surface area contributed by atoms with Gasteiger partial charge in [-0.25, -0.2) is 0 Å². The summed E-state index contributed by atoms with van der Waals surface area (Å²) in [5.41, 5.74) is 2.18. The average Bonchev–Trinajstić information content (AvgIpc) is 3.00. The topological polar surface area (TPSA) is 38.0 Å². The summed E-state index contributed by atoms with van der Waals surface area (Å²) in [5, 5.41) is 16.0. The molecule has 1 saturated carbocycles. The van der Waals surface area contributed by atoms with E-state index in [-0.39, 0.29) is 6.10 Å². The standard InChI is InChI=1S/C16H22N2O/c1-18-16-9-5-4-8-14(16)15(17-18)11-13(19)10-12-6-2-3-7-12/h4-5,8-9,12-13,19H,2-3,6-7,10-11H2,1H3. The Kier molecular flexibility index (Phi) is 3.56. The van der Waals surface area contributed by atoms with E-state index in [2.05, 4.69) is 17.2 Å². The van der Waals surface area contributed by atoms with E-state index in [9.17, 15) is 5.11 Å². The molecule has 1 fully saturated rings. The minimum absolute atomic E-state index is 0.249. The van der Waals surface area contributed by atoms with Gasteiger partial charge in [-0.15, -0.1) is 0 Å². The number of aromatic nitrogens is 2. The molecule has 0 radical (unpaired) electrons. The van der Waals surface area contributed by atoms with Gasteiger partial charge in [-0.2, -0.15) is 5.10 Å². The summed E-state index contributed by atoms with van der Waals surface area (Å²) >= 11 is 0. The van der Waals surface area contributed by atoms with Gasteiger partial charge in [0.05, 0.1) is 17.3 Å².